The lowest BCUT2D eigenvalue weighted by atomic mass is 10.2. The van der Waals surface area contributed by atoms with Crippen molar-refractivity contribution in [2.24, 2.45) is 0 Å². The van der Waals surface area contributed by atoms with Crippen LogP contribution in [-0.4, -0.2) is 19.6 Å². The lowest BCUT2D eigenvalue weighted by Crippen LogP contribution is -2.33. The van der Waals surface area contributed by atoms with E-state index in [1.54, 1.807) is 24.3 Å². The van der Waals surface area contributed by atoms with Crippen molar-refractivity contribution in [3.05, 3.63) is 64.9 Å². The van der Waals surface area contributed by atoms with Crippen LogP contribution in [0.2, 0.25) is 5.02 Å². The summed E-state index contributed by atoms with van der Waals surface area (Å²) in [5, 5.41) is 1.81. The number of hydrogen-bond donors (Lipinski definition) is 1. The molecule has 1 N–H and O–H groups in total. The third kappa shape index (κ3) is 4.77. The van der Waals surface area contributed by atoms with Crippen molar-refractivity contribution in [2.45, 2.75) is 17.9 Å². The SMILES string of the molecule is CC(C(=O)Nc1ccc(Cl)cc1)S(=O)(=O)Cc1ccc(F)cc1. The molecule has 0 radical (unpaired) electrons. The summed E-state index contributed by atoms with van der Waals surface area (Å²) in [6.07, 6.45) is 0. The summed E-state index contributed by atoms with van der Waals surface area (Å²) in [5.41, 5.74) is 0.890. The molecular weight excluding hydrogens is 341 g/mol. The van der Waals surface area contributed by atoms with E-state index in [0.717, 1.165) is 0 Å². The minimum Gasteiger partial charge on any atom is -0.325 e. The smallest absolute Gasteiger partial charge is 0.242 e. The fraction of sp³-hybridized carbons (Fsp3) is 0.188. The van der Waals surface area contributed by atoms with Gasteiger partial charge in [-0.05, 0) is 48.9 Å². The molecule has 4 nitrogen and oxygen atoms in total. The van der Waals surface area contributed by atoms with Crippen molar-refractivity contribution in [3.8, 4) is 0 Å². The van der Waals surface area contributed by atoms with E-state index in [-0.39, 0.29) is 5.75 Å². The first kappa shape index (κ1) is 17.4. The average molecular weight is 356 g/mol. The van der Waals surface area contributed by atoms with Crippen LogP contribution in [0.3, 0.4) is 0 Å². The predicted molar refractivity (Wildman–Crippen MR) is 88.6 cm³/mol. The number of carbonyl (C=O) groups is 1. The minimum absolute atomic E-state index is 0.331. The minimum atomic E-state index is -3.71. The molecule has 0 aliphatic rings. The van der Waals surface area contributed by atoms with E-state index in [1.165, 1.54) is 31.2 Å². The van der Waals surface area contributed by atoms with E-state index in [4.69, 9.17) is 11.6 Å². The summed E-state index contributed by atoms with van der Waals surface area (Å²) < 4.78 is 37.4. The highest BCUT2D eigenvalue weighted by atomic mass is 35.5. The zero-order valence-corrected chi connectivity index (χ0v) is 13.9. The van der Waals surface area contributed by atoms with Gasteiger partial charge in [0.1, 0.15) is 11.1 Å². The second-order valence-corrected chi connectivity index (χ2v) is 7.83. The summed E-state index contributed by atoms with van der Waals surface area (Å²) in [5.74, 6) is -1.41. The number of halogens is 2. The number of amides is 1. The monoisotopic (exact) mass is 355 g/mol. The van der Waals surface area contributed by atoms with Gasteiger partial charge >= 0.3 is 0 Å². The quantitative estimate of drug-likeness (QED) is 0.893. The summed E-state index contributed by atoms with van der Waals surface area (Å²) in [6.45, 7) is 1.32. The van der Waals surface area contributed by atoms with Crippen LogP contribution in [0.5, 0.6) is 0 Å². The highest BCUT2D eigenvalue weighted by Gasteiger charge is 2.28. The topological polar surface area (TPSA) is 63.2 Å². The zero-order chi connectivity index (χ0) is 17.0. The first-order valence-electron chi connectivity index (χ1n) is 6.80. The summed E-state index contributed by atoms with van der Waals surface area (Å²) in [6, 6.07) is 11.5. The highest BCUT2D eigenvalue weighted by molar-refractivity contribution is 7.92. The molecule has 0 fully saturated rings. The van der Waals surface area contributed by atoms with E-state index >= 15 is 0 Å². The van der Waals surface area contributed by atoms with Crippen LogP contribution in [0.15, 0.2) is 48.5 Å². The Labute approximate surface area is 139 Å². The van der Waals surface area contributed by atoms with Crippen LogP contribution < -0.4 is 5.32 Å². The molecule has 2 aromatic carbocycles. The maximum Gasteiger partial charge on any atom is 0.242 e. The molecule has 2 aromatic rings. The molecule has 1 atom stereocenters. The van der Waals surface area contributed by atoms with Gasteiger partial charge in [-0.15, -0.1) is 0 Å². The van der Waals surface area contributed by atoms with Crippen LogP contribution in [-0.2, 0) is 20.4 Å². The molecule has 1 unspecified atom stereocenters. The molecule has 0 aliphatic heterocycles. The Morgan fingerprint density at radius 1 is 1.13 bits per heavy atom. The first-order valence-corrected chi connectivity index (χ1v) is 8.90. The van der Waals surface area contributed by atoms with E-state index in [0.29, 0.717) is 16.3 Å². The number of benzene rings is 2. The van der Waals surface area contributed by atoms with Crippen molar-refractivity contribution < 1.29 is 17.6 Å². The van der Waals surface area contributed by atoms with Crippen molar-refractivity contribution in [3.63, 3.8) is 0 Å². The van der Waals surface area contributed by atoms with Gasteiger partial charge in [0.2, 0.25) is 5.91 Å². The van der Waals surface area contributed by atoms with Gasteiger partial charge in [-0.25, -0.2) is 12.8 Å². The van der Waals surface area contributed by atoms with Gasteiger partial charge in [0.25, 0.3) is 0 Å². The fourth-order valence-electron chi connectivity index (χ4n) is 1.88. The number of sulfone groups is 1. The van der Waals surface area contributed by atoms with Gasteiger partial charge < -0.3 is 5.32 Å². The molecule has 2 rings (SSSR count). The fourth-order valence-corrected chi connectivity index (χ4v) is 3.30. The van der Waals surface area contributed by atoms with Crippen LogP contribution in [0, 0.1) is 5.82 Å². The normalized spacial score (nSPS) is 12.7. The second-order valence-electron chi connectivity index (χ2n) is 5.07. The Bertz CT molecular complexity index is 789. The van der Waals surface area contributed by atoms with Crippen molar-refractivity contribution in [1.82, 2.24) is 0 Å². The molecule has 7 heteroatoms. The standard InChI is InChI=1S/C16H15ClFNO3S/c1-11(16(20)19-15-8-4-13(17)5-9-15)23(21,22)10-12-2-6-14(18)7-3-12/h2-9,11H,10H2,1H3,(H,19,20). The van der Waals surface area contributed by atoms with Crippen molar-refractivity contribution >= 4 is 33.0 Å². The molecule has 0 aliphatic carbocycles. The third-order valence-electron chi connectivity index (χ3n) is 3.30. The number of carbonyl (C=O) groups excluding carboxylic acids is 1. The van der Waals surface area contributed by atoms with Gasteiger partial charge in [-0.1, -0.05) is 23.7 Å². The molecule has 0 heterocycles. The lowest BCUT2D eigenvalue weighted by Gasteiger charge is -2.13. The number of hydrogen-bond acceptors (Lipinski definition) is 3. The Hall–Kier alpha value is -1.92. The molecule has 0 aromatic heterocycles. The third-order valence-corrected chi connectivity index (χ3v) is 5.58. The molecule has 23 heavy (non-hydrogen) atoms. The molecule has 0 saturated heterocycles. The molecule has 1 amide bonds. The molecular formula is C16H15ClFNO3S. The predicted octanol–water partition coefficient (Wildman–Crippen LogP) is 3.42. The molecule has 0 bridgehead atoms. The maximum absolute atomic E-state index is 12.9. The van der Waals surface area contributed by atoms with Gasteiger partial charge in [0.05, 0.1) is 5.75 Å². The van der Waals surface area contributed by atoms with Gasteiger partial charge in [-0.2, -0.15) is 0 Å². The number of nitrogens with one attached hydrogen (secondary N) is 1. The Morgan fingerprint density at radius 3 is 2.26 bits per heavy atom. The highest BCUT2D eigenvalue weighted by Crippen LogP contribution is 2.16. The van der Waals surface area contributed by atoms with Crippen LogP contribution in [0.4, 0.5) is 10.1 Å². The lowest BCUT2D eigenvalue weighted by molar-refractivity contribution is -0.115. The summed E-state index contributed by atoms with van der Waals surface area (Å²) >= 11 is 5.75. The Morgan fingerprint density at radius 2 is 1.70 bits per heavy atom. The van der Waals surface area contributed by atoms with Gasteiger partial charge in [0.15, 0.2) is 9.84 Å². The van der Waals surface area contributed by atoms with Gasteiger partial charge in [-0.3, -0.25) is 4.79 Å². The largest absolute Gasteiger partial charge is 0.325 e. The molecule has 122 valence electrons. The Kier molecular flexibility index (Phi) is 5.38. The first-order chi connectivity index (χ1) is 10.8. The zero-order valence-electron chi connectivity index (χ0n) is 12.3. The molecule has 0 spiro atoms. The summed E-state index contributed by atoms with van der Waals surface area (Å²) in [7, 11) is -3.71. The van der Waals surface area contributed by atoms with E-state index in [1.807, 2.05) is 0 Å². The number of anilines is 1. The maximum atomic E-state index is 12.9. The van der Waals surface area contributed by atoms with E-state index in [2.05, 4.69) is 5.32 Å². The Balaban J connectivity index is 2.07. The van der Waals surface area contributed by atoms with Crippen LogP contribution in [0.1, 0.15) is 12.5 Å². The van der Waals surface area contributed by atoms with E-state index < -0.39 is 26.8 Å². The van der Waals surface area contributed by atoms with Crippen LogP contribution in [0.25, 0.3) is 0 Å². The van der Waals surface area contributed by atoms with Crippen molar-refractivity contribution in [1.29, 1.82) is 0 Å². The van der Waals surface area contributed by atoms with Crippen molar-refractivity contribution in [2.75, 3.05) is 5.32 Å². The average Bonchev–Trinajstić information content (AvgIpc) is 2.51. The molecule has 0 saturated carbocycles. The van der Waals surface area contributed by atoms with Gasteiger partial charge in [0, 0.05) is 10.7 Å². The van der Waals surface area contributed by atoms with E-state index in [9.17, 15) is 17.6 Å². The summed E-state index contributed by atoms with van der Waals surface area (Å²) in [4.78, 5) is 12.1. The number of rotatable bonds is 5. The van der Waals surface area contributed by atoms with Crippen LogP contribution >= 0.6 is 11.6 Å². The second kappa shape index (κ2) is 7.10.